The van der Waals surface area contributed by atoms with Gasteiger partial charge in [-0.15, -0.1) is 0 Å². The molecule has 0 aromatic heterocycles. The van der Waals surface area contributed by atoms with E-state index in [-0.39, 0.29) is 52.0 Å². The molecule has 20 N–H and O–H groups in total. The molecule has 7 aliphatic heterocycles. The number of carbonyl (C=O) groups is 8. The second kappa shape index (κ2) is 38.3. The molecule has 5 aromatic rings. The third-order valence-corrected chi connectivity index (χ3v) is 23.2. The van der Waals surface area contributed by atoms with Gasteiger partial charge in [0.05, 0.1) is 41.3 Å². The minimum atomic E-state index is -2.35. The number of benzene rings is 5. The van der Waals surface area contributed by atoms with Gasteiger partial charge in [0.15, 0.2) is 29.9 Å². The van der Waals surface area contributed by atoms with Crippen LogP contribution in [0.25, 0.3) is 11.1 Å². The molecular formula is C76H95Cl2N9O24S2. The summed E-state index contributed by atoms with van der Waals surface area (Å²) in [5.74, 6) is -14.2. The summed E-state index contributed by atoms with van der Waals surface area (Å²) in [6, 6.07) is -0.438. The average molecular weight is 1650 g/mol. The number of likely N-dealkylation sites (N-methyl/N-ethyl adjacent to an activating group) is 1. The number of aliphatic hydroxyl groups excluding tert-OH is 6. The normalized spacial score (nSPS) is 27.6. The van der Waals surface area contributed by atoms with E-state index in [0.29, 0.717) is 12.3 Å². The topological polar surface area (TPSA) is 517 Å². The summed E-state index contributed by atoms with van der Waals surface area (Å²) in [5.41, 5.74) is 1.88. The monoisotopic (exact) mass is 1650 g/mol. The van der Waals surface area contributed by atoms with Gasteiger partial charge in [0.1, 0.15) is 89.5 Å². The molecule has 0 unspecified atom stereocenters. The smallest absolute Gasteiger partial charge is 0.330 e. The number of hydrogen-bond acceptors (Lipinski definition) is 27. The fourth-order valence-corrected chi connectivity index (χ4v) is 16.6. The Hall–Kier alpha value is -8.50. The molecule has 33 nitrogen and oxygen atoms in total. The molecule has 5 aromatic carbocycles. The van der Waals surface area contributed by atoms with Crippen LogP contribution in [0.2, 0.25) is 10.0 Å². The number of unbranched alkanes of at least 4 members (excludes halogenated alkanes) is 5. The summed E-state index contributed by atoms with van der Waals surface area (Å²) < 4.78 is 39.4. The van der Waals surface area contributed by atoms with Crippen LogP contribution < -0.4 is 62.5 Å². The van der Waals surface area contributed by atoms with Crippen LogP contribution in [0.3, 0.4) is 0 Å². The number of amides is 7. The Morgan fingerprint density at radius 1 is 0.699 bits per heavy atom. The fraction of sp³-hybridized carbons (Fsp3) is 0.500. The fourth-order valence-electron chi connectivity index (χ4n) is 14.1. The highest BCUT2D eigenvalue weighted by Crippen LogP contribution is 2.50. The third kappa shape index (κ3) is 20.6. The van der Waals surface area contributed by atoms with Gasteiger partial charge in [0.2, 0.25) is 53.4 Å². The highest BCUT2D eigenvalue weighted by atomic mass is 35.5. The number of carbonyl (C=O) groups excluding carboxylic acids is 7. The van der Waals surface area contributed by atoms with Gasteiger partial charge in [-0.1, -0.05) is 116 Å². The number of phenols is 3. The van der Waals surface area contributed by atoms with Gasteiger partial charge >= 0.3 is 5.97 Å². The number of fused-ring (bicyclic) bond motifs is 15. The van der Waals surface area contributed by atoms with Gasteiger partial charge in [-0.3, -0.25) is 33.6 Å². The van der Waals surface area contributed by atoms with Gasteiger partial charge < -0.3 is 128 Å². The van der Waals surface area contributed by atoms with Crippen LogP contribution in [0, 0.1) is 5.92 Å². The summed E-state index contributed by atoms with van der Waals surface area (Å²) >= 11 is 14.3. The molecule has 18 atom stereocenters. The van der Waals surface area contributed by atoms with E-state index in [0.717, 1.165) is 91.7 Å². The van der Waals surface area contributed by atoms with E-state index in [9.17, 15) is 75.0 Å². The second-order valence-corrected chi connectivity index (χ2v) is 32.5. The molecule has 7 amide bonds. The summed E-state index contributed by atoms with van der Waals surface area (Å²) in [6.45, 7) is 8.66. The molecular weight excluding hydrogens is 1560 g/mol. The molecule has 7 aliphatic rings. The van der Waals surface area contributed by atoms with Crippen LogP contribution in [0.15, 0.2) is 78.9 Å². The number of halogens is 2. The molecule has 113 heavy (non-hydrogen) atoms. The lowest BCUT2D eigenvalue weighted by atomic mass is 9.85. The molecule has 37 heteroatoms. The first kappa shape index (κ1) is 86.9. The standard InChI is InChI=1S/C76H95Cl2N9O24S2/c1-7-8-9-10-11-12-20-112-113-21-19-81-76(5)31-54(106-34(4)67(76)97)110-66-64(96)63(95)52(32-88)109-75(66)111-65-50-26-38-27-51(65)108-49-18-15-37(25-43(49)78)62(94)60-73(103)85-58(74(104)105)41-28-39(89)29-47(91)55(41)40-23-35(13-16-46(40)90)56(70(100)87-60)84-71(101)57(38)83-69(99)45(30-53(79)92)82-72(102)59(86-68(98)44(80-6)22-33(2)3)61(93)36-14-17-48(107-50)42(77)24-36/h13-18,23-29,33-34,44-45,52,54,56-64,66-67,75,80-81,88-91,93-97H,7-12,19-22,30-32H2,1-6H3,(H2,79,92)(H,82,102)(H,83,99)(H,84,101)(H,85,103)(H,86,98)(H,87,100)(H,104,105)/t34-,44+,45-,52+,54-,56+,57+,58-,59+,60-,61+,62+,63+,64-,66+,67+,75-,76-/m0/s1. The number of nitrogens with one attached hydrogen (secondary N) is 8. The Morgan fingerprint density at radius 3 is 1.95 bits per heavy atom. The van der Waals surface area contributed by atoms with Crippen molar-refractivity contribution in [3.05, 3.63) is 117 Å². The predicted molar refractivity (Wildman–Crippen MR) is 411 cm³/mol. The number of nitrogens with two attached hydrogens (primary N) is 1. The van der Waals surface area contributed by atoms with Crippen molar-refractivity contribution >= 4 is 92.1 Å². The predicted octanol–water partition coefficient (Wildman–Crippen LogP) is 4.48. The number of primary amides is 1. The quantitative estimate of drug-likeness (QED) is 0.0283. The average Bonchev–Trinajstić information content (AvgIpc) is 0.769. The van der Waals surface area contributed by atoms with Gasteiger partial charge in [-0.2, -0.15) is 0 Å². The summed E-state index contributed by atoms with van der Waals surface area (Å²) in [6.07, 6.45) is -11.2. The van der Waals surface area contributed by atoms with E-state index >= 15 is 14.4 Å². The molecule has 0 saturated carbocycles. The largest absolute Gasteiger partial charge is 0.508 e. The number of aliphatic carboxylic acids is 1. The van der Waals surface area contributed by atoms with Gasteiger partial charge in [-0.05, 0) is 117 Å². The van der Waals surface area contributed by atoms with Crippen molar-refractivity contribution in [2.45, 2.75) is 202 Å². The molecule has 614 valence electrons. The maximum atomic E-state index is 16.2. The first-order valence-electron chi connectivity index (χ1n) is 36.9. The van der Waals surface area contributed by atoms with E-state index in [2.05, 4.69) is 49.5 Å². The number of hydrogen-bond donors (Lipinski definition) is 19. The van der Waals surface area contributed by atoms with Gasteiger partial charge in [0, 0.05) is 52.8 Å². The van der Waals surface area contributed by atoms with E-state index in [1.807, 2.05) is 13.8 Å². The van der Waals surface area contributed by atoms with Crippen LogP contribution in [0.4, 0.5) is 0 Å². The summed E-state index contributed by atoms with van der Waals surface area (Å²) in [5, 5.41) is 136. The molecule has 0 aliphatic carbocycles. The Labute approximate surface area is 667 Å². The van der Waals surface area contributed by atoms with E-state index in [1.54, 1.807) is 35.4 Å². The second-order valence-electron chi connectivity index (χ2n) is 29.0. The number of aliphatic hydroxyl groups is 6. The van der Waals surface area contributed by atoms with E-state index < -0.39 is 231 Å². The lowest BCUT2D eigenvalue weighted by Crippen LogP contribution is -2.65. The van der Waals surface area contributed by atoms with Crippen LogP contribution in [-0.2, 0) is 52.6 Å². The zero-order valence-corrected chi connectivity index (χ0v) is 65.6. The zero-order valence-electron chi connectivity index (χ0n) is 62.4. The first-order chi connectivity index (χ1) is 53.7. The summed E-state index contributed by atoms with van der Waals surface area (Å²) in [7, 11) is 4.90. The van der Waals surface area contributed by atoms with Gasteiger partial charge in [-0.25, -0.2) is 4.79 Å². The Balaban J connectivity index is 1.17. The zero-order chi connectivity index (χ0) is 82.0. The van der Waals surface area contributed by atoms with Crippen molar-refractivity contribution in [1.29, 1.82) is 0 Å². The molecule has 2 saturated heterocycles. The maximum Gasteiger partial charge on any atom is 0.330 e. The van der Waals surface area contributed by atoms with Crippen molar-refractivity contribution in [3.63, 3.8) is 0 Å². The van der Waals surface area contributed by atoms with Gasteiger partial charge in [0.25, 0.3) is 0 Å². The van der Waals surface area contributed by atoms with Crippen molar-refractivity contribution in [1.82, 2.24) is 42.5 Å². The number of phenolic OH excluding ortho intramolecular Hbond substituents is 3. The summed E-state index contributed by atoms with van der Waals surface area (Å²) in [4.78, 5) is 118. The first-order valence-corrected chi connectivity index (χ1v) is 40.1. The van der Waals surface area contributed by atoms with Crippen molar-refractivity contribution < 1.29 is 118 Å². The lowest BCUT2D eigenvalue weighted by Gasteiger charge is -2.48. The number of carboxylic acid groups (broad SMARTS) is 1. The van der Waals surface area contributed by atoms with Crippen LogP contribution in [0.1, 0.15) is 151 Å². The van der Waals surface area contributed by atoms with Crippen molar-refractivity contribution in [3.8, 4) is 57.1 Å². The Bertz CT molecular complexity index is 4330. The molecule has 12 rings (SSSR count). The third-order valence-electron chi connectivity index (χ3n) is 20.1. The minimum Gasteiger partial charge on any atom is -0.508 e. The van der Waals surface area contributed by atoms with E-state index in [1.165, 1.54) is 38.4 Å². The highest BCUT2D eigenvalue weighted by Gasteiger charge is 2.52. The van der Waals surface area contributed by atoms with Crippen LogP contribution >= 0.6 is 44.8 Å². The maximum absolute atomic E-state index is 16.2. The lowest BCUT2D eigenvalue weighted by molar-refractivity contribution is -0.334. The highest BCUT2D eigenvalue weighted by molar-refractivity contribution is 8.76. The number of carboxylic acids is 1. The van der Waals surface area contributed by atoms with Crippen LogP contribution in [0.5, 0.6) is 46.0 Å². The number of ether oxygens (including phenoxy) is 6. The van der Waals surface area contributed by atoms with Crippen LogP contribution in [-0.4, -0.2) is 209 Å². The Kier molecular flexibility index (Phi) is 29.5. The molecule has 0 radical (unpaired) electrons. The minimum absolute atomic E-state index is 0.0954. The van der Waals surface area contributed by atoms with Crippen molar-refractivity contribution in [2.75, 3.05) is 31.7 Å². The molecule has 0 spiro atoms. The number of aromatic hydroxyl groups is 3. The van der Waals surface area contributed by atoms with E-state index in [4.69, 9.17) is 57.4 Å². The number of rotatable bonds is 25. The van der Waals surface area contributed by atoms with Crippen molar-refractivity contribution in [2.24, 2.45) is 11.7 Å². The Morgan fingerprint density at radius 2 is 1.32 bits per heavy atom. The SMILES string of the molecule is CCCCCCCCSSCCN[C@@]1(C)C[C@H](O[C@H]2[C@H](Oc3c4cc5cc3Oc3ccc(cc3Cl)[C@@H](O)[C@@H](NC(=O)[C@@H](CC(C)C)NC)C(=O)N[C@@H](CC(N)=O)C(=O)N[C@H]5C(=O)N[C@H]3C(=O)N[C@H](C(=O)N[C@H](C(=O)O)c5cc(O)cc(O)c5-c5cc3ccc5O)[C@H](O)c3ccc(c(Cl)c3)O4)O[C@H](CO)[C@@H](O)[C@@H]2O)O[C@@H](C)[C@H]1O. The molecule has 2 fully saturated rings. The molecule has 7 heterocycles. The molecule has 11 bridgehead atoms.